The first kappa shape index (κ1) is 20.5. The fourth-order valence-electron chi connectivity index (χ4n) is 3.55. The lowest BCUT2D eigenvalue weighted by atomic mass is 10.2. The summed E-state index contributed by atoms with van der Waals surface area (Å²) in [6.07, 6.45) is 1.90. The Morgan fingerprint density at radius 2 is 1.93 bits per heavy atom. The topological polar surface area (TPSA) is 99.7 Å². The number of aromatic nitrogens is 2. The predicted molar refractivity (Wildman–Crippen MR) is 115 cm³/mol. The van der Waals surface area contributed by atoms with E-state index in [2.05, 4.69) is 37.9 Å². The molecule has 1 aromatic heterocycles. The monoisotopic (exact) mass is 430 g/mol. The molecule has 2 fully saturated rings. The third-order valence-electron chi connectivity index (χ3n) is 5.30. The molecule has 0 aliphatic carbocycles. The molecule has 0 radical (unpaired) electrons. The molecule has 2 N–H and O–H groups in total. The molecule has 0 unspecified atom stereocenters. The van der Waals surface area contributed by atoms with E-state index in [0.717, 1.165) is 43.2 Å². The van der Waals surface area contributed by atoms with E-state index in [9.17, 15) is 9.59 Å². The van der Waals surface area contributed by atoms with Crippen molar-refractivity contribution in [2.75, 3.05) is 43.0 Å². The van der Waals surface area contributed by atoms with Crippen molar-refractivity contribution < 1.29 is 14.3 Å². The van der Waals surface area contributed by atoms with Crippen molar-refractivity contribution in [3.05, 3.63) is 35.3 Å². The molecular formula is C20H26N6O3S. The van der Waals surface area contributed by atoms with E-state index >= 15 is 0 Å². The molecule has 4 rings (SSSR count). The van der Waals surface area contributed by atoms with Gasteiger partial charge in [-0.25, -0.2) is 4.79 Å². The average molecular weight is 431 g/mol. The lowest BCUT2D eigenvalue weighted by Gasteiger charge is -2.36. The van der Waals surface area contributed by atoms with Gasteiger partial charge in [-0.3, -0.25) is 10.1 Å². The van der Waals surface area contributed by atoms with Gasteiger partial charge in [-0.1, -0.05) is 29.5 Å². The van der Waals surface area contributed by atoms with Crippen LogP contribution in [0.25, 0.3) is 0 Å². The number of nitrogens with zero attached hydrogens (tertiary/aromatic N) is 4. The number of para-hydroxylation sites is 1. The second-order valence-corrected chi connectivity index (χ2v) is 8.43. The Balaban J connectivity index is 1.24. The summed E-state index contributed by atoms with van der Waals surface area (Å²) in [7, 11) is 0. The number of anilines is 2. The number of hydrogen-bond donors (Lipinski definition) is 2. The maximum Gasteiger partial charge on any atom is 0.318 e. The van der Waals surface area contributed by atoms with Crippen LogP contribution in [0, 0.1) is 0 Å². The Labute approximate surface area is 179 Å². The van der Waals surface area contributed by atoms with E-state index in [1.54, 1.807) is 11.8 Å². The van der Waals surface area contributed by atoms with E-state index in [1.165, 1.54) is 11.3 Å². The van der Waals surface area contributed by atoms with Gasteiger partial charge in [0.25, 0.3) is 0 Å². The number of hydrogen-bond acceptors (Lipinski definition) is 7. The van der Waals surface area contributed by atoms with Gasteiger partial charge in [0, 0.05) is 38.5 Å². The van der Waals surface area contributed by atoms with Crippen molar-refractivity contribution in [3.63, 3.8) is 0 Å². The van der Waals surface area contributed by atoms with Gasteiger partial charge >= 0.3 is 6.03 Å². The van der Waals surface area contributed by atoms with Crippen molar-refractivity contribution in [3.8, 4) is 0 Å². The molecule has 3 heterocycles. The van der Waals surface area contributed by atoms with Crippen LogP contribution in [0.5, 0.6) is 0 Å². The number of benzene rings is 1. The SMILES string of the molecule is C[C@H](NC(=O)N1CCN(c2ccccc2)CC1)C(=O)Nc1nnc([C@H]2CCCO2)s1. The smallest absolute Gasteiger partial charge is 0.318 e. The van der Waals surface area contributed by atoms with Gasteiger partial charge in [-0.15, -0.1) is 10.2 Å². The molecule has 0 spiro atoms. The number of amides is 3. The molecule has 2 aromatic rings. The zero-order valence-corrected chi connectivity index (χ0v) is 17.7. The molecule has 1 aromatic carbocycles. The van der Waals surface area contributed by atoms with E-state index < -0.39 is 6.04 Å². The summed E-state index contributed by atoms with van der Waals surface area (Å²) in [5, 5.41) is 14.8. The Morgan fingerprint density at radius 1 is 1.17 bits per heavy atom. The van der Waals surface area contributed by atoms with Gasteiger partial charge in [-0.2, -0.15) is 0 Å². The maximum atomic E-state index is 12.6. The van der Waals surface area contributed by atoms with E-state index in [-0.39, 0.29) is 18.0 Å². The standard InChI is InChI=1S/C20H26N6O3S/c1-14(17(27)22-19-24-23-18(30-19)16-8-5-13-29-16)21-20(28)26-11-9-25(10-12-26)15-6-3-2-4-7-15/h2-4,6-7,14,16H,5,8-13H2,1H3,(H,21,28)(H,22,24,27)/t14-,16+/m0/s1. The summed E-state index contributed by atoms with van der Waals surface area (Å²) in [4.78, 5) is 29.0. The van der Waals surface area contributed by atoms with Gasteiger partial charge in [0.2, 0.25) is 11.0 Å². The maximum absolute atomic E-state index is 12.6. The zero-order valence-electron chi connectivity index (χ0n) is 16.9. The fraction of sp³-hybridized carbons (Fsp3) is 0.500. The van der Waals surface area contributed by atoms with Crippen LogP contribution in [0.15, 0.2) is 30.3 Å². The van der Waals surface area contributed by atoms with Gasteiger partial charge in [-0.05, 0) is 31.9 Å². The molecule has 2 atom stereocenters. The number of rotatable bonds is 5. The second-order valence-electron chi connectivity index (χ2n) is 7.42. The first-order valence-corrected chi connectivity index (χ1v) is 11.0. The van der Waals surface area contributed by atoms with Crippen LogP contribution in [-0.4, -0.2) is 65.9 Å². The first-order valence-electron chi connectivity index (χ1n) is 10.2. The van der Waals surface area contributed by atoms with Crippen LogP contribution in [0.1, 0.15) is 30.9 Å². The average Bonchev–Trinajstić information content (AvgIpc) is 3.46. The lowest BCUT2D eigenvalue weighted by Crippen LogP contribution is -2.54. The first-order chi connectivity index (χ1) is 14.6. The van der Waals surface area contributed by atoms with Crippen molar-refractivity contribution in [1.82, 2.24) is 20.4 Å². The highest BCUT2D eigenvalue weighted by Gasteiger charge is 2.26. The van der Waals surface area contributed by atoms with Gasteiger partial charge in [0.05, 0.1) is 0 Å². The minimum Gasteiger partial charge on any atom is -0.371 e. The summed E-state index contributed by atoms with van der Waals surface area (Å²) in [6, 6.07) is 9.24. The molecule has 30 heavy (non-hydrogen) atoms. The van der Waals surface area contributed by atoms with Crippen LogP contribution in [0.2, 0.25) is 0 Å². The summed E-state index contributed by atoms with van der Waals surface area (Å²) in [5.41, 5.74) is 1.16. The third-order valence-corrected chi connectivity index (χ3v) is 6.23. The number of carbonyl (C=O) groups excluding carboxylic acids is 2. The fourth-order valence-corrected chi connectivity index (χ4v) is 4.38. The highest BCUT2D eigenvalue weighted by molar-refractivity contribution is 7.15. The minimum atomic E-state index is -0.681. The van der Waals surface area contributed by atoms with E-state index in [1.807, 2.05) is 18.2 Å². The summed E-state index contributed by atoms with van der Waals surface area (Å²) in [6.45, 7) is 5.13. The van der Waals surface area contributed by atoms with Crippen molar-refractivity contribution in [1.29, 1.82) is 0 Å². The largest absolute Gasteiger partial charge is 0.371 e. The molecule has 160 valence electrons. The van der Waals surface area contributed by atoms with Crippen LogP contribution in [0.3, 0.4) is 0 Å². The number of urea groups is 1. The summed E-state index contributed by atoms with van der Waals surface area (Å²) < 4.78 is 5.59. The molecule has 2 aliphatic heterocycles. The second kappa shape index (κ2) is 9.40. The molecule has 2 saturated heterocycles. The van der Waals surface area contributed by atoms with Crippen molar-refractivity contribution in [2.45, 2.75) is 31.9 Å². The Hall–Kier alpha value is -2.72. The normalized spacial score (nSPS) is 20.1. The van der Waals surface area contributed by atoms with Gasteiger partial charge in [0.1, 0.15) is 17.2 Å². The molecule has 0 saturated carbocycles. The highest BCUT2D eigenvalue weighted by Crippen LogP contribution is 2.31. The quantitative estimate of drug-likeness (QED) is 0.755. The van der Waals surface area contributed by atoms with Crippen LogP contribution in [-0.2, 0) is 9.53 Å². The minimum absolute atomic E-state index is 0.0279. The van der Waals surface area contributed by atoms with Crippen molar-refractivity contribution >= 4 is 34.1 Å². The summed E-state index contributed by atoms with van der Waals surface area (Å²) >= 11 is 1.31. The zero-order chi connectivity index (χ0) is 20.9. The van der Waals surface area contributed by atoms with Crippen LogP contribution >= 0.6 is 11.3 Å². The molecule has 2 aliphatic rings. The number of ether oxygens (including phenoxy) is 1. The molecule has 9 nitrogen and oxygen atoms in total. The van der Waals surface area contributed by atoms with Crippen LogP contribution < -0.4 is 15.5 Å². The highest BCUT2D eigenvalue weighted by atomic mass is 32.1. The number of piperazine rings is 1. The molecule has 10 heteroatoms. The predicted octanol–water partition coefficient (Wildman–Crippen LogP) is 2.25. The van der Waals surface area contributed by atoms with E-state index in [4.69, 9.17) is 4.74 Å². The third kappa shape index (κ3) is 4.88. The molecule has 3 amide bonds. The molecule has 0 bridgehead atoms. The van der Waals surface area contributed by atoms with Crippen LogP contribution in [0.4, 0.5) is 15.6 Å². The Kier molecular flexibility index (Phi) is 6.44. The number of nitrogens with one attached hydrogen (secondary N) is 2. The van der Waals surface area contributed by atoms with E-state index in [0.29, 0.717) is 18.2 Å². The Morgan fingerprint density at radius 3 is 2.63 bits per heavy atom. The Bertz CT molecular complexity index is 862. The van der Waals surface area contributed by atoms with Crippen molar-refractivity contribution in [2.24, 2.45) is 0 Å². The van der Waals surface area contributed by atoms with Gasteiger partial charge in [0.15, 0.2) is 0 Å². The summed E-state index contributed by atoms with van der Waals surface area (Å²) in [5.74, 6) is -0.318. The lowest BCUT2D eigenvalue weighted by molar-refractivity contribution is -0.117. The molecular weight excluding hydrogens is 404 g/mol. The van der Waals surface area contributed by atoms with Gasteiger partial charge < -0.3 is 19.9 Å². The number of carbonyl (C=O) groups is 2.